The van der Waals surface area contributed by atoms with Crippen LogP contribution in [0.4, 0.5) is 4.79 Å². The molecule has 2 rings (SSSR count). The van der Waals surface area contributed by atoms with Crippen LogP contribution in [0.25, 0.3) is 17.7 Å². The second-order valence-corrected chi connectivity index (χ2v) is 8.90. The second-order valence-electron chi connectivity index (χ2n) is 8.90. The Bertz CT molecular complexity index is 839. The molecule has 0 spiro atoms. The predicted octanol–water partition coefficient (Wildman–Crippen LogP) is 5.96. The van der Waals surface area contributed by atoms with E-state index in [0.717, 1.165) is 41.5 Å². The Kier molecular flexibility index (Phi) is 8.66. The fourth-order valence-electron chi connectivity index (χ4n) is 3.67. The predicted molar refractivity (Wildman–Crippen MR) is 126 cm³/mol. The summed E-state index contributed by atoms with van der Waals surface area (Å²) in [4.78, 5) is 25.3. The minimum absolute atomic E-state index is 0.243. The number of esters is 1. The van der Waals surface area contributed by atoms with Crippen molar-refractivity contribution in [1.82, 2.24) is 4.90 Å². The highest BCUT2D eigenvalue weighted by molar-refractivity contribution is 5.73. The average molecular weight is 426 g/mol. The van der Waals surface area contributed by atoms with E-state index in [4.69, 9.17) is 9.47 Å². The number of carbonyl (C=O) groups excluding carboxylic acids is 2. The van der Waals surface area contributed by atoms with Gasteiger partial charge in [0, 0.05) is 20.0 Å². The lowest BCUT2D eigenvalue weighted by atomic mass is 9.86. The molecule has 31 heavy (non-hydrogen) atoms. The number of nitrogens with zero attached hydrogens (tertiary/aromatic N) is 1. The third-order valence-corrected chi connectivity index (χ3v) is 5.29. The molecule has 1 heterocycles. The SMILES string of the molecule is C=Cc1ccc(/C(=C\COC(C)=O)CC2CCN(C(=O)OC(C)(C)C)CC2)cc1C=C. The molecule has 1 amide bonds. The van der Waals surface area contributed by atoms with E-state index >= 15 is 0 Å². The van der Waals surface area contributed by atoms with Gasteiger partial charge in [-0.15, -0.1) is 0 Å². The molecule has 1 aromatic rings. The van der Waals surface area contributed by atoms with Gasteiger partial charge in [0.1, 0.15) is 12.2 Å². The summed E-state index contributed by atoms with van der Waals surface area (Å²) < 4.78 is 10.7. The Morgan fingerprint density at radius 3 is 2.32 bits per heavy atom. The monoisotopic (exact) mass is 425 g/mol. The smallest absolute Gasteiger partial charge is 0.410 e. The van der Waals surface area contributed by atoms with Crippen LogP contribution in [0, 0.1) is 5.92 Å². The maximum atomic E-state index is 12.3. The van der Waals surface area contributed by atoms with Crippen LogP contribution in [0.15, 0.2) is 37.4 Å². The summed E-state index contributed by atoms with van der Waals surface area (Å²) >= 11 is 0. The van der Waals surface area contributed by atoms with Crippen LogP contribution in [-0.2, 0) is 14.3 Å². The van der Waals surface area contributed by atoms with E-state index in [1.807, 2.05) is 45.1 Å². The molecule has 1 aliphatic heterocycles. The molecule has 5 heteroatoms. The lowest BCUT2D eigenvalue weighted by molar-refractivity contribution is -0.139. The van der Waals surface area contributed by atoms with Crippen molar-refractivity contribution in [2.75, 3.05) is 19.7 Å². The van der Waals surface area contributed by atoms with Crippen LogP contribution < -0.4 is 0 Å². The van der Waals surface area contributed by atoms with Crippen LogP contribution in [0.1, 0.15) is 63.6 Å². The van der Waals surface area contributed by atoms with E-state index in [0.29, 0.717) is 19.0 Å². The highest BCUT2D eigenvalue weighted by Gasteiger charge is 2.27. The van der Waals surface area contributed by atoms with Crippen LogP contribution in [0.5, 0.6) is 0 Å². The molecule has 1 fully saturated rings. The topological polar surface area (TPSA) is 55.8 Å². The zero-order valence-corrected chi connectivity index (χ0v) is 19.3. The summed E-state index contributed by atoms with van der Waals surface area (Å²) in [6.45, 7) is 16.4. The first kappa shape index (κ1) is 24.4. The number of benzene rings is 1. The molecule has 0 atom stereocenters. The molecule has 0 saturated carbocycles. The summed E-state index contributed by atoms with van der Waals surface area (Å²) in [6, 6.07) is 6.20. The lowest BCUT2D eigenvalue weighted by Crippen LogP contribution is -2.41. The fourth-order valence-corrected chi connectivity index (χ4v) is 3.67. The Hall–Kier alpha value is -2.82. The van der Waals surface area contributed by atoms with Gasteiger partial charge in [-0.05, 0) is 80.4 Å². The quantitative estimate of drug-likeness (QED) is 0.506. The van der Waals surface area contributed by atoms with Crippen LogP contribution >= 0.6 is 0 Å². The second kappa shape index (κ2) is 11.0. The zero-order chi connectivity index (χ0) is 23.0. The van der Waals surface area contributed by atoms with Crippen molar-refractivity contribution in [1.29, 1.82) is 0 Å². The molecule has 0 bridgehead atoms. The first-order chi connectivity index (χ1) is 14.6. The number of hydrogen-bond acceptors (Lipinski definition) is 4. The van der Waals surface area contributed by atoms with E-state index < -0.39 is 5.60 Å². The molecular weight excluding hydrogens is 390 g/mol. The normalized spacial score (nSPS) is 15.4. The summed E-state index contributed by atoms with van der Waals surface area (Å²) in [5.74, 6) is 0.142. The van der Waals surface area contributed by atoms with E-state index in [2.05, 4.69) is 25.3 Å². The van der Waals surface area contributed by atoms with Crippen molar-refractivity contribution in [3.8, 4) is 0 Å². The van der Waals surface area contributed by atoms with Crippen molar-refractivity contribution in [3.63, 3.8) is 0 Å². The Labute approximate surface area is 186 Å². The summed E-state index contributed by atoms with van der Waals surface area (Å²) in [7, 11) is 0. The summed E-state index contributed by atoms with van der Waals surface area (Å²) in [5.41, 5.74) is 3.79. The molecule has 0 unspecified atom stereocenters. The van der Waals surface area contributed by atoms with Gasteiger partial charge >= 0.3 is 12.1 Å². The van der Waals surface area contributed by atoms with Gasteiger partial charge in [-0.1, -0.05) is 37.4 Å². The third kappa shape index (κ3) is 7.74. The lowest BCUT2D eigenvalue weighted by Gasteiger charge is -2.33. The van der Waals surface area contributed by atoms with Gasteiger partial charge in [-0.25, -0.2) is 4.79 Å². The average Bonchev–Trinajstić information content (AvgIpc) is 2.71. The minimum atomic E-state index is -0.485. The molecule has 0 radical (unpaired) electrons. The Balaban J connectivity index is 2.11. The molecular formula is C26H35NO4. The number of ether oxygens (including phenoxy) is 2. The van der Waals surface area contributed by atoms with Crippen molar-refractivity contribution < 1.29 is 19.1 Å². The van der Waals surface area contributed by atoms with Gasteiger partial charge in [0.25, 0.3) is 0 Å². The number of allylic oxidation sites excluding steroid dienone is 1. The molecule has 1 aromatic carbocycles. The Morgan fingerprint density at radius 1 is 1.13 bits per heavy atom. The van der Waals surface area contributed by atoms with Crippen molar-refractivity contribution in [2.45, 2.75) is 52.6 Å². The van der Waals surface area contributed by atoms with E-state index in [-0.39, 0.29) is 18.7 Å². The minimum Gasteiger partial charge on any atom is -0.462 e. The molecule has 1 saturated heterocycles. The maximum absolute atomic E-state index is 12.3. The fraction of sp³-hybridized carbons (Fsp3) is 0.462. The molecule has 5 nitrogen and oxygen atoms in total. The Morgan fingerprint density at radius 2 is 1.77 bits per heavy atom. The molecule has 0 aliphatic carbocycles. The largest absolute Gasteiger partial charge is 0.462 e. The maximum Gasteiger partial charge on any atom is 0.410 e. The van der Waals surface area contributed by atoms with Crippen LogP contribution in [0.3, 0.4) is 0 Å². The first-order valence-electron chi connectivity index (χ1n) is 10.8. The molecule has 168 valence electrons. The van der Waals surface area contributed by atoms with Crippen molar-refractivity contribution >= 4 is 29.8 Å². The first-order valence-corrected chi connectivity index (χ1v) is 10.8. The van der Waals surface area contributed by atoms with Crippen LogP contribution in [-0.4, -0.2) is 42.3 Å². The standard InChI is InChI=1S/C26H35NO4/c1-7-21-9-10-23(18-22(21)8-2)24(13-16-30-19(3)28)17-20-11-14-27(15-12-20)25(29)31-26(4,5)6/h7-10,13,18,20H,1-2,11-12,14-17H2,3-6H3/b24-13-. The van der Waals surface area contributed by atoms with Gasteiger partial charge in [0.15, 0.2) is 0 Å². The number of hydrogen-bond donors (Lipinski definition) is 0. The third-order valence-electron chi connectivity index (χ3n) is 5.29. The van der Waals surface area contributed by atoms with E-state index in [1.165, 1.54) is 6.92 Å². The highest BCUT2D eigenvalue weighted by Crippen LogP contribution is 2.31. The van der Waals surface area contributed by atoms with Crippen LogP contribution in [0.2, 0.25) is 0 Å². The van der Waals surface area contributed by atoms with Gasteiger partial charge in [-0.3, -0.25) is 4.79 Å². The van der Waals surface area contributed by atoms with Gasteiger partial charge in [-0.2, -0.15) is 0 Å². The van der Waals surface area contributed by atoms with Gasteiger partial charge < -0.3 is 14.4 Å². The van der Waals surface area contributed by atoms with Crippen molar-refractivity contribution in [2.24, 2.45) is 5.92 Å². The molecule has 0 aromatic heterocycles. The van der Waals surface area contributed by atoms with Crippen molar-refractivity contribution in [3.05, 3.63) is 54.1 Å². The number of piperidine rings is 1. The van der Waals surface area contributed by atoms with E-state index in [1.54, 1.807) is 4.90 Å². The molecule has 1 aliphatic rings. The van der Waals surface area contributed by atoms with Gasteiger partial charge in [0.05, 0.1) is 0 Å². The number of carbonyl (C=O) groups is 2. The zero-order valence-electron chi connectivity index (χ0n) is 19.3. The van der Waals surface area contributed by atoms with Gasteiger partial charge in [0.2, 0.25) is 0 Å². The number of amides is 1. The highest BCUT2D eigenvalue weighted by atomic mass is 16.6. The summed E-state index contributed by atoms with van der Waals surface area (Å²) in [5, 5.41) is 0. The number of rotatable bonds is 7. The van der Waals surface area contributed by atoms with E-state index in [9.17, 15) is 9.59 Å². The molecule has 0 N–H and O–H groups in total. The summed E-state index contributed by atoms with van der Waals surface area (Å²) in [6.07, 6.45) is 8.04. The number of likely N-dealkylation sites (tertiary alicyclic amines) is 1.